The van der Waals surface area contributed by atoms with E-state index in [1.807, 2.05) is 6.07 Å². The second-order valence-electron chi connectivity index (χ2n) is 2.53. The summed E-state index contributed by atoms with van der Waals surface area (Å²) in [6.07, 6.45) is 0. The molecule has 74 valence electrons. The number of benzene rings is 1. The summed E-state index contributed by atoms with van der Waals surface area (Å²) in [5.74, 6) is 5.39. The number of alkyl halides is 1. The van der Waals surface area contributed by atoms with Crippen LogP contribution < -0.4 is 0 Å². The fraction of sp³-hybridized carbons (Fsp3) is 0.100. The number of nitro benzene ring substituents is 1. The zero-order valence-corrected chi connectivity index (χ0v) is 8.28. The Morgan fingerprint density at radius 3 is 2.73 bits per heavy atom. The molecule has 0 radical (unpaired) electrons. The van der Waals surface area contributed by atoms with Crippen molar-refractivity contribution in [2.24, 2.45) is 0 Å². The van der Waals surface area contributed by atoms with Gasteiger partial charge >= 0.3 is 0 Å². The van der Waals surface area contributed by atoms with Crippen LogP contribution in [0.2, 0.25) is 0 Å². The summed E-state index contributed by atoms with van der Waals surface area (Å²) in [5, 5.41) is 19.2. The van der Waals surface area contributed by atoms with Gasteiger partial charge in [-0.05, 0) is 6.07 Å². The van der Waals surface area contributed by atoms with Gasteiger partial charge in [0.15, 0.2) is 0 Å². The highest BCUT2D eigenvalue weighted by molar-refractivity contribution is 6.19. The maximum Gasteiger partial charge on any atom is 0.270 e. The van der Waals surface area contributed by atoms with Crippen LogP contribution in [0.25, 0.3) is 0 Å². The lowest BCUT2D eigenvalue weighted by Gasteiger charge is -1.95. The smallest absolute Gasteiger partial charge is 0.258 e. The van der Waals surface area contributed by atoms with Crippen LogP contribution in [0.15, 0.2) is 18.2 Å². The van der Waals surface area contributed by atoms with E-state index in [1.165, 1.54) is 18.2 Å². The summed E-state index contributed by atoms with van der Waals surface area (Å²) in [6, 6.07) is 5.79. The van der Waals surface area contributed by atoms with Gasteiger partial charge in [0.25, 0.3) is 5.69 Å². The van der Waals surface area contributed by atoms with Crippen LogP contribution >= 0.6 is 11.6 Å². The molecule has 5 heteroatoms. The van der Waals surface area contributed by atoms with Crippen LogP contribution in [0.1, 0.15) is 11.1 Å². The minimum Gasteiger partial charge on any atom is -0.258 e. The summed E-state index contributed by atoms with van der Waals surface area (Å²) in [4.78, 5) is 9.88. The van der Waals surface area contributed by atoms with E-state index < -0.39 is 4.92 Å². The summed E-state index contributed by atoms with van der Waals surface area (Å²) in [6.45, 7) is 0. The Bertz CT molecular complexity index is 494. The minimum absolute atomic E-state index is 0.122. The standard InChI is InChI=1S/C10H5ClN2O2/c11-5-1-2-8-3-4-10(13(14)15)6-9(8)7-12/h3-4,6H,5H2. The lowest BCUT2D eigenvalue weighted by Crippen LogP contribution is -1.91. The maximum absolute atomic E-state index is 10.4. The number of nitro groups is 1. The van der Waals surface area contributed by atoms with Gasteiger partial charge < -0.3 is 0 Å². The summed E-state index contributed by atoms with van der Waals surface area (Å²) >= 11 is 5.36. The quantitative estimate of drug-likeness (QED) is 0.315. The molecule has 0 atom stereocenters. The second-order valence-corrected chi connectivity index (χ2v) is 2.80. The van der Waals surface area contributed by atoms with Gasteiger partial charge in [-0.2, -0.15) is 5.26 Å². The predicted molar refractivity (Wildman–Crippen MR) is 55.4 cm³/mol. The van der Waals surface area contributed by atoms with Crippen molar-refractivity contribution in [1.82, 2.24) is 0 Å². The van der Waals surface area contributed by atoms with Crippen molar-refractivity contribution in [3.05, 3.63) is 39.4 Å². The van der Waals surface area contributed by atoms with Crippen molar-refractivity contribution in [2.75, 3.05) is 5.88 Å². The maximum atomic E-state index is 10.4. The van der Waals surface area contributed by atoms with Crippen molar-refractivity contribution in [3.8, 4) is 17.9 Å². The molecule has 0 fully saturated rings. The minimum atomic E-state index is -0.556. The van der Waals surface area contributed by atoms with Crippen molar-refractivity contribution < 1.29 is 4.92 Å². The number of hydrogen-bond donors (Lipinski definition) is 0. The van der Waals surface area contributed by atoms with Crippen molar-refractivity contribution in [2.45, 2.75) is 0 Å². The number of nitriles is 1. The van der Waals surface area contributed by atoms with Gasteiger partial charge in [-0.1, -0.05) is 11.8 Å². The number of halogens is 1. The molecule has 0 amide bonds. The SMILES string of the molecule is N#Cc1cc([N+](=O)[O-])ccc1C#CCCl. The van der Waals surface area contributed by atoms with E-state index in [2.05, 4.69) is 11.8 Å². The first kappa shape index (κ1) is 11.0. The highest BCUT2D eigenvalue weighted by Gasteiger charge is 2.08. The van der Waals surface area contributed by atoms with Gasteiger partial charge in [0.1, 0.15) is 6.07 Å². The van der Waals surface area contributed by atoms with Crippen LogP contribution in [0.3, 0.4) is 0 Å². The Hall–Kier alpha value is -2.04. The van der Waals surface area contributed by atoms with Crippen LogP contribution in [0.4, 0.5) is 5.69 Å². The molecule has 1 rings (SSSR count). The first-order valence-electron chi connectivity index (χ1n) is 3.92. The summed E-state index contributed by atoms with van der Waals surface area (Å²) in [5.41, 5.74) is 0.508. The molecule has 0 aliphatic heterocycles. The van der Waals surface area contributed by atoms with Crippen LogP contribution in [0.5, 0.6) is 0 Å². The molecule has 1 aromatic carbocycles. The van der Waals surface area contributed by atoms with E-state index >= 15 is 0 Å². The van der Waals surface area contributed by atoms with E-state index in [9.17, 15) is 10.1 Å². The zero-order valence-electron chi connectivity index (χ0n) is 7.53. The largest absolute Gasteiger partial charge is 0.270 e. The molecule has 4 nitrogen and oxygen atoms in total. The Morgan fingerprint density at radius 2 is 2.20 bits per heavy atom. The number of hydrogen-bond acceptors (Lipinski definition) is 3. The molecular weight excluding hydrogens is 216 g/mol. The van der Waals surface area contributed by atoms with E-state index in [4.69, 9.17) is 16.9 Å². The lowest BCUT2D eigenvalue weighted by atomic mass is 10.1. The van der Waals surface area contributed by atoms with Crippen LogP contribution in [-0.4, -0.2) is 10.8 Å². The normalized spacial score (nSPS) is 8.53. The molecular formula is C10H5ClN2O2. The third kappa shape index (κ3) is 2.70. The Morgan fingerprint density at radius 1 is 1.47 bits per heavy atom. The average Bonchev–Trinajstić information content (AvgIpc) is 2.25. The van der Waals surface area contributed by atoms with Crippen molar-refractivity contribution in [1.29, 1.82) is 5.26 Å². The lowest BCUT2D eigenvalue weighted by molar-refractivity contribution is -0.384. The van der Waals surface area contributed by atoms with Gasteiger partial charge in [-0.15, -0.1) is 11.6 Å². The fourth-order valence-electron chi connectivity index (χ4n) is 0.976. The molecule has 1 aromatic rings. The average molecular weight is 221 g/mol. The molecule has 0 aliphatic carbocycles. The topological polar surface area (TPSA) is 66.9 Å². The zero-order chi connectivity index (χ0) is 11.3. The highest BCUT2D eigenvalue weighted by Crippen LogP contribution is 2.16. The van der Waals surface area contributed by atoms with Gasteiger partial charge in [-0.25, -0.2) is 0 Å². The third-order valence-electron chi connectivity index (χ3n) is 1.62. The van der Waals surface area contributed by atoms with Gasteiger partial charge in [0.2, 0.25) is 0 Å². The Kier molecular flexibility index (Phi) is 3.68. The molecule has 15 heavy (non-hydrogen) atoms. The molecule has 0 bridgehead atoms. The monoisotopic (exact) mass is 220 g/mol. The van der Waals surface area contributed by atoms with Crippen molar-refractivity contribution in [3.63, 3.8) is 0 Å². The van der Waals surface area contributed by atoms with Crippen molar-refractivity contribution >= 4 is 17.3 Å². The van der Waals surface area contributed by atoms with Gasteiger partial charge in [0.05, 0.1) is 16.4 Å². The third-order valence-corrected chi connectivity index (χ3v) is 1.76. The first-order chi connectivity index (χ1) is 7.19. The van der Waals surface area contributed by atoms with Crippen LogP contribution in [0, 0.1) is 33.3 Å². The number of rotatable bonds is 1. The molecule has 0 saturated heterocycles. The predicted octanol–water partition coefficient (Wildman–Crippen LogP) is 2.06. The van der Waals surface area contributed by atoms with E-state index in [0.29, 0.717) is 5.56 Å². The fourth-order valence-corrected chi connectivity index (χ4v) is 1.04. The van der Waals surface area contributed by atoms with E-state index in [-0.39, 0.29) is 17.1 Å². The second kappa shape index (κ2) is 4.99. The molecule has 0 N–H and O–H groups in total. The van der Waals surface area contributed by atoms with Gasteiger partial charge in [-0.3, -0.25) is 10.1 Å². The molecule has 0 heterocycles. The molecule has 0 saturated carbocycles. The molecule has 0 aromatic heterocycles. The first-order valence-corrected chi connectivity index (χ1v) is 4.46. The molecule has 0 aliphatic rings. The van der Waals surface area contributed by atoms with Gasteiger partial charge in [0, 0.05) is 17.7 Å². The summed E-state index contributed by atoms with van der Waals surface area (Å²) < 4.78 is 0. The molecule has 0 unspecified atom stereocenters. The van der Waals surface area contributed by atoms with Crippen LogP contribution in [-0.2, 0) is 0 Å². The highest BCUT2D eigenvalue weighted by atomic mass is 35.5. The van der Waals surface area contributed by atoms with E-state index in [1.54, 1.807) is 0 Å². The number of nitrogens with zero attached hydrogens (tertiary/aromatic N) is 2. The number of non-ortho nitro benzene ring substituents is 1. The summed E-state index contributed by atoms with van der Waals surface area (Å²) in [7, 11) is 0. The Labute approximate surface area is 91.2 Å². The van der Waals surface area contributed by atoms with E-state index in [0.717, 1.165) is 0 Å². The molecule has 0 spiro atoms. The Balaban J connectivity index is 3.22.